The van der Waals surface area contributed by atoms with Gasteiger partial charge in [0.1, 0.15) is 12.4 Å². The predicted octanol–water partition coefficient (Wildman–Crippen LogP) is 3.23. The van der Waals surface area contributed by atoms with Gasteiger partial charge < -0.3 is 29.6 Å². The van der Waals surface area contributed by atoms with Gasteiger partial charge in [0, 0.05) is 32.8 Å². The minimum Gasteiger partial charge on any atom is -0.491 e. The predicted molar refractivity (Wildman–Crippen MR) is 124 cm³/mol. The molecular formula is C21H28IN3O4. The van der Waals surface area contributed by atoms with Crippen molar-refractivity contribution < 1.29 is 18.9 Å². The summed E-state index contributed by atoms with van der Waals surface area (Å²) < 4.78 is 21.7. The number of fused-ring (bicyclic) bond motifs is 1. The molecular weight excluding hydrogens is 485 g/mol. The Morgan fingerprint density at radius 3 is 2.62 bits per heavy atom. The minimum absolute atomic E-state index is 0. The van der Waals surface area contributed by atoms with Gasteiger partial charge >= 0.3 is 0 Å². The average molecular weight is 513 g/mol. The fraction of sp³-hybridized carbons (Fsp3) is 0.381. The van der Waals surface area contributed by atoms with Gasteiger partial charge in [-0.25, -0.2) is 0 Å². The van der Waals surface area contributed by atoms with Crippen molar-refractivity contribution in [2.24, 2.45) is 4.99 Å². The lowest BCUT2D eigenvalue weighted by atomic mass is 10.1. The molecule has 0 saturated heterocycles. The Labute approximate surface area is 188 Å². The molecule has 0 radical (unpaired) electrons. The molecule has 1 heterocycles. The van der Waals surface area contributed by atoms with E-state index in [1.165, 1.54) is 0 Å². The quantitative estimate of drug-likeness (QED) is 0.245. The molecule has 0 amide bonds. The molecule has 2 aromatic rings. The normalized spacial score (nSPS) is 12.3. The Bertz CT molecular complexity index is 830. The van der Waals surface area contributed by atoms with Crippen LogP contribution in [0.2, 0.25) is 0 Å². The van der Waals surface area contributed by atoms with Crippen molar-refractivity contribution in [3.63, 3.8) is 0 Å². The summed E-state index contributed by atoms with van der Waals surface area (Å²) in [5.41, 5.74) is 3.31. The SMILES string of the molecule is CN=C(NCc1ccc2c(c1)OCO2)NCc1ccc(C)cc1OCCOC.I. The van der Waals surface area contributed by atoms with Crippen LogP contribution < -0.4 is 24.8 Å². The summed E-state index contributed by atoms with van der Waals surface area (Å²) in [5, 5.41) is 6.64. The molecule has 7 nitrogen and oxygen atoms in total. The Morgan fingerprint density at radius 1 is 1.03 bits per heavy atom. The van der Waals surface area contributed by atoms with Gasteiger partial charge in [0.25, 0.3) is 0 Å². The number of methoxy groups -OCH3 is 1. The number of aliphatic imine (C=N–C) groups is 1. The van der Waals surface area contributed by atoms with Crippen LogP contribution in [0.1, 0.15) is 16.7 Å². The van der Waals surface area contributed by atoms with Crippen LogP contribution in [0.25, 0.3) is 0 Å². The number of hydrogen-bond donors (Lipinski definition) is 2. The van der Waals surface area contributed by atoms with Gasteiger partial charge in [0.05, 0.1) is 6.61 Å². The largest absolute Gasteiger partial charge is 0.491 e. The number of nitrogens with one attached hydrogen (secondary N) is 2. The molecule has 0 fully saturated rings. The lowest BCUT2D eigenvalue weighted by molar-refractivity contribution is 0.145. The van der Waals surface area contributed by atoms with Crippen molar-refractivity contribution >= 4 is 29.9 Å². The maximum Gasteiger partial charge on any atom is 0.231 e. The first kappa shape index (κ1) is 23.1. The third kappa shape index (κ3) is 6.67. The molecule has 0 bridgehead atoms. The molecule has 1 aliphatic heterocycles. The number of benzene rings is 2. The Morgan fingerprint density at radius 2 is 1.83 bits per heavy atom. The molecule has 1 aliphatic rings. The van der Waals surface area contributed by atoms with Crippen molar-refractivity contribution in [3.05, 3.63) is 53.1 Å². The molecule has 2 aromatic carbocycles. The van der Waals surface area contributed by atoms with Crippen LogP contribution in [0.15, 0.2) is 41.4 Å². The van der Waals surface area contributed by atoms with E-state index in [0.29, 0.717) is 32.3 Å². The monoisotopic (exact) mass is 513 g/mol. The van der Waals surface area contributed by atoms with E-state index in [1.54, 1.807) is 14.2 Å². The summed E-state index contributed by atoms with van der Waals surface area (Å²) in [4.78, 5) is 4.29. The maximum atomic E-state index is 5.85. The summed E-state index contributed by atoms with van der Waals surface area (Å²) in [6.07, 6.45) is 0. The summed E-state index contributed by atoms with van der Waals surface area (Å²) in [6.45, 7) is 4.63. The molecule has 8 heteroatoms. The highest BCUT2D eigenvalue weighted by molar-refractivity contribution is 14.0. The number of ether oxygens (including phenoxy) is 4. The van der Waals surface area contributed by atoms with E-state index in [4.69, 9.17) is 18.9 Å². The Balaban J connectivity index is 0.00000300. The number of hydrogen-bond acceptors (Lipinski definition) is 5. The highest BCUT2D eigenvalue weighted by atomic mass is 127. The zero-order valence-electron chi connectivity index (χ0n) is 17.0. The number of guanidine groups is 1. The maximum absolute atomic E-state index is 5.85. The first-order valence-corrected chi connectivity index (χ1v) is 9.24. The van der Waals surface area contributed by atoms with Crippen LogP contribution in [-0.2, 0) is 17.8 Å². The van der Waals surface area contributed by atoms with Gasteiger partial charge in [0.15, 0.2) is 17.5 Å². The van der Waals surface area contributed by atoms with Gasteiger partial charge in [-0.05, 0) is 36.2 Å². The van der Waals surface area contributed by atoms with E-state index in [2.05, 4.69) is 27.8 Å². The number of nitrogens with zero attached hydrogens (tertiary/aromatic N) is 1. The van der Waals surface area contributed by atoms with E-state index in [-0.39, 0.29) is 30.8 Å². The van der Waals surface area contributed by atoms with Crippen LogP contribution in [0, 0.1) is 6.92 Å². The Hall–Kier alpha value is -2.20. The van der Waals surface area contributed by atoms with Crippen molar-refractivity contribution in [2.75, 3.05) is 34.2 Å². The first-order valence-electron chi connectivity index (χ1n) is 9.24. The summed E-state index contributed by atoms with van der Waals surface area (Å²) >= 11 is 0. The van der Waals surface area contributed by atoms with E-state index in [0.717, 1.165) is 33.9 Å². The highest BCUT2D eigenvalue weighted by Gasteiger charge is 2.13. The van der Waals surface area contributed by atoms with E-state index in [1.807, 2.05) is 31.2 Å². The molecule has 0 unspecified atom stereocenters. The zero-order valence-corrected chi connectivity index (χ0v) is 19.3. The van der Waals surface area contributed by atoms with Crippen LogP contribution in [0.3, 0.4) is 0 Å². The summed E-state index contributed by atoms with van der Waals surface area (Å²) in [6, 6.07) is 12.1. The van der Waals surface area contributed by atoms with E-state index >= 15 is 0 Å². The van der Waals surface area contributed by atoms with E-state index in [9.17, 15) is 0 Å². The van der Waals surface area contributed by atoms with Crippen LogP contribution >= 0.6 is 24.0 Å². The third-order valence-electron chi connectivity index (χ3n) is 4.33. The molecule has 0 atom stereocenters. The highest BCUT2D eigenvalue weighted by Crippen LogP contribution is 2.32. The van der Waals surface area contributed by atoms with Gasteiger partial charge in [-0.3, -0.25) is 4.99 Å². The fourth-order valence-corrected chi connectivity index (χ4v) is 2.81. The van der Waals surface area contributed by atoms with Crippen molar-refractivity contribution in [2.45, 2.75) is 20.0 Å². The van der Waals surface area contributed by atoms with E-state index < -0.39 is 0 Å². The summed E-state index contributed by atoms with van der Waals surface area (Å²) in [7, 11) is 3.41. The van der Waals surface area contributed by atoms with Crippen LogP contribution in [-0.4, -0.2) is 40.1 Å². The van der Waals surface area contributed by atoms with Gasteiger partial charge in [-0.15, -0.1) is 24.0 Å². The molecule has 158 valence electrons. The van der Waals surface area contributed by atoms with Crippen molar-refractivity contribution in [3.8, 4) is 17.2 Å². The molecule has 0 spiro atoms. The third-order valence-corrected chi connectivity index (χ3v) is 4.33. The molecule has 2 N–H and O–H groups in total. The van der Waals surface area contributed by atoms with Gasteiger partial charge in [-0.1, -0.05) is 18.2 Å². The lowest BCUT2D eigenvalue weighted by Gasteiger charge is -2.15. The van der Waals surface area contributed by atoms with Gasteiger partial charge in [0.2, 0.25) is 6.79 Å². The fourth-order valence-electron chi connectivity index (χ4n) is 2.81. The first-order chi connectivity index (χ1) is 13.7. The van der Waals surface area contributed by atoms with Crippen molar-refractivity contribution in [1.29, 1.82) is 0 Å². The van der Waals surface area contributed by atoms with Crippen LogP contribution in [0.4, 0.5) is 0 Å². The second kappa shape index (κ2) is 11.7. The molecule has 0 aromatic heterocycles. The second-order valence-corrected chi connectivity index (χ2v) is 6.42. The molecule has 0 saturated carbocycles. The standard InChI is InChI=1S/C21H27N3O4.HI/c1-15-4-6-17(19(10-15)26-9-8-25-3)13-24-21(22-2)23-12-16-5-7-18-20(11-16)28-14-27-18;/h4-7,10-11H,8-9,12-14H2,1-3H3,(H2,22,23,24);1H. The number of aryl methyl sites for hydroxylation is 1. The Kier molecular flexibility index (Phi) is 9.33. The molecule has 3 rings (SSSR count). The zero-order chi connectivity index (χ0) is 19.8. The van der Waals surface area contributed by atoms with Gasteiger partial charge in [-0.2, -0.15) is 0 Å². The number of rotatable bonds is 8. The average Bonchev–Trinajstić information content (AvgIpc) is 3.17. The summed E-state index contributed by atoms with van der Waals surface area (Å²) in [5.74, 6) is 3.13. The molecule has 29 heavy (non-hydrogen) atoms. The number of halogens is 1. The lowest BCUT2D eigenvalue weighted by Crippen LogP contribution is -2.36. The van der Waals surface area contributed by atoms with Crippen molar-refractivity contribution in [1.82, 2.24) is 10.6 Å². The minimum atomic E-state index is 0. The molecule has 0 aliphatic carbocycles. The topological polar surface area (TPSA) is 73.3 Å². The smallest absolute Gasteiger partial charge is 0.231 e. The van der Waals surface area contributed by atoms with Crippen LogP contribution in [0.5, 0.6) is 17.2 Å². The second-order valence-electron chi connectivity index (χ2n) is 6.42.